The summed E-state index contributed by atoms with van der Waals surface area (Å²) in [5.41, 5.74) is 0. The zero-order valence-electron chi connectivity index (χ0n) is 5.34. The minimum Gasteiger partial charge on any atom is -0.309 e. The van der Waals surface area contributed by atoms with Crippen LogP contribution in [0.25, 0.3) is 0 Å². The van der Waals surface area contributed by atoms with E-state index in [-0.39, 0.29) is 17.6 Å². The number of hydrogen-bond acceptors (Lipinski definition) is 2. The van der Waals surface area contributed by atoms with Crippen molar-refractivity contribution in [1.29, 1.82) is 5.41 Å². The van der Waals surface area contributed by atoms with E-state index < -0.39 is 0 Å². The summed E-state index contributed by atoms with van der Waals surface area (Å²) in [5.74, 6) is 0. The van der Waals surface area contributed by atoms with Crippen LogP contribution in [0.3, 0.4) is 0 Å². The summed E-state index contributed by atoms with van der Waals surface area (Å²) in [4.78, 5) is 0. The third-order valence-electron chi connectivity index (χ3n) is 0.391. The van der Waals surface area contributed by atoms with Crippen LogP contribution in [-0.4, -0.2) is 10.4 Å². The first-order valence-electron chi connectivity index (χ1n) is 2.32. The van der Waals surface area contributed by atoms with Gasteiger partial charge in [0.1, 0.15) is 0 Å². The molecule has 2 N–H and O–H groups in total. The van der Waals surface area contributed by atoms with Gasteiger partial charge in [-0.3, -0.25) is 5.41 Å². The lowest BCUT2D eigenvalue weighted by atomic mass is 10.6. The highest BCUT2D eigenvalue weighted by Gasteiger charge is 1.91. The minimum atomic E-state index is 0. The van der Waals surface area contributed by atoms with E-state index in [0.717, 1.165) is 0 Å². The topological polar surface area (TPSA) is 35.9 Å². The third kappa shape index (κ3) is 11.8. The average Bonchev–Trinajstić information content (AvgIpc) is 1.61. The molecule has 0 spiro atoms. The largest absolute Gasteiger partial charge is 0.309 e. The Kier molecular flexibility index (Phi) is 8.89. The summed E-state index contributed by atoms with van der Waals surface area (Å²) >= 11 is 5.21. The summed E-state index contributed by atoms with van der Waals surface area (Å²) < 4.78 is 2.71. The number of halogens is 1. The molecule has 0 aliphatic heterocycles. The monoisotopic (exact) mass is 186 g/mol. The molecule has 0 aromatic carbocycles. The lowest BCUT2D eigenvalue weighted by molar-refractivity contribution is 1.11. The summed E-state index contributed by atoms with van der Waals surface area (Å²) in [6, 6.07) is 0. The van der Waals surface area contributed by atoms with E-state index in [1.165, 1.54) is 11.9 Å². The molecule has 5 heteroatoms. The van der Waals surface area contributed by atoms with Gasteiger partial charge in [0.05, 0.1) is 0 Å². The van der Waals surface area contributed by atoms with Gasteiger partial charge >= 0.3 is 0 Å². The molecule has 0 rings (SSSR count). The van der Waals surface area contributed by atoms with Gasteiger partial charge in [-0.1, -0.05) is 13.8 Å². The Hall–Kier alpha value is 0.460. The minimum absolute atomic E-state index is 0. The molecule has 2 nitrogen and oxygen atoms in total. The molecule has 0 radical (unpaired) electrons. The highest BCUT2D eigenvalue weighted by molar-refractivity contribution is 8.03. The number of nitrogens with one attached hydrogen (secondary N) is 2. The first-order chi connectivity index (χ1) is 3.63. The Morgan fingerprint density at radius 2 is 2.11 bits per heavy atom. The third-order valence-corrected chi connectivity index (χ3v) is 1.45. The van der Waals surface area contributed by atoms with E-state index >= 15 is 0 Å². The molecule has 9 heavy (non-hydrogen) atoms. The Bertz CT molecular complexity index is 86.6. The van der Waals surface area contributed by atoms with Crippen molar-refractivity contribution in [3.8, 4) is 0 Å². The van der Waals surface area contributed by atoms with Crippen LogP contribution in [0.4, 0.5) is 0 Å². The summed E-state index contributed by atoms with van der Waals surface area (Å²) in [7, 11) is 0. The van der Waals surface area contributed by atoms with Crippen LogP contribution < -0.4 is 4.72 Å². The Balaban J connectivity index is 0. The molecular weight excluding hydrogens is 176 g/mol. The van der Waals surface area contributed by atoms with E-state index in [1.807, 2.05) is 13.8 Å². The maximum atomic E-state index is 6.82. The SMILES string of the molecule is CC(C)SNC(=N)S.Cl. The lowest BCUT2D eigenvalue weighted by Gasteiger charge is -2.02. The van der Waals surface area contributed by atoms with Crippen molar-refractivity contribution in [2.45, 2.75) is 19.1 Å². The van der Waals surface area contributed by atoms with Crippen LogP contribution in [-0.2, 0) is 0 Å². The number of rotatable bonds is 2. The highest BCUT2D eigenvalue weighted by Crippen LogP contribution is 2.02. The zero-order chi connectivity index (χ0) is 6.57. The van der Waals surface area contributed by atoms with Gasteiger partial charge in [0.2, 0.25) is 0 Å². The second kappa shape index (κ2) is 6.58. The zero-order valence-corrected chi connectivity index (χ0v) is 7.87. The smallest absolute Gasteiger partial charge is 0.160 e. The van der Waals surface area contributed by atoms with Gasteiger partial charge in [-0.15, -0.1) is 25.0 Å². The standard InChI is InChI=1S/C4H10N2S2.ClH/c1-3(2)8-6-4(5)7;/h3H,1-2H3,(H3,5,6,7);1H. The number of thiol groups is 1. The molecule has 0 saturated heterocycles. The molecule has 0 amide bonds. The summed E-state index contributed by atoms with van der Waals surface area (Å²) in [6.07, 6.45) is 0. The van der Waals surface area contributed by atoms with Gasteiger partial charge in [0.25, 0.3) is 0 Å². The fourth-order valence-corrected chi connectivity index (χ4v) is 0.679. The van der Waals surface area contributed by atoms with Crippen LogP contribution in [0.1, 0.15) is 13.8 Å². The fraction of sp³-hybridized carbons (Fsp3) is 0.750. The van der Waals surface area contributed by atoms with Crippen molar-refractivity contribution in [1.82, 2.24) is 4.72 Å². The van der Waals surface area contributed by atoms with Gasteiger partial charge in [-0.2, -0.15) is 0 Å². The van der Waals surface area contributed by atoms with Crippen LogP contribution in [0.5, 0.6) is 0 Å². The van der Waals surface area contributed by atoms with E-state index in [0.29, 0.717) is 5.25 Å². The Labute approximate surface area is 71.6 Å². The highest BCUT2D eigenvalue weighted by atomic mass is 35.5. The van der Waals surface area contributed by atoms with Gasteiger partial charge in [-0.05, 0) is 11.9 Å². The lowest BCUT2D eigenvalue weighted by Crippen LogP contribution is -2.10. The van der Waals surface area contributed by atoms with Crippen molar-refractivity contribution in [2.75, 3.05) is 0 Å². The molecule has 0 aromatic rings. The van der Waals surface area contributed by atoms with Crippen molar-refractivity contribution < 1.29 is 0 Å². The van der Waals surface area contributed by atoms with E-state index in [2.05, 4.69) is 17.4 Å². The molecule has 0 atom stereocenters. The molecule has 0 aromatic heterocycles. The Morgan fingerprint density at radius 1 is 1.67 bits per heavy atom. The van der Waals surface area contributed by atoms with E-state index in [9.17, 15) is 0 Å². The summed E-state index contributed by atoms with van der Waals surface area (Å²) in [6.45, 7) is 4.10. The first kappa shape index (κ1) is 12.2. The first-order valence-corrected chi connectivity index (χ1v) is 3.65. The van der Waals surface area contributed by atoms with Crippen molar-refractivity contribution in [3.63, 3.8) is 0 Å². The van der Waals surface area contributed by atoms with E-state index in [4.69, 9.17) is 5.41 Å². The fourth-order valence-electron chi connectivity index (χ4n) is 0.174. The van der Waals surface area contributed by atoms with Crippen LogP contribution in [0.2, 0.25) is 0 Å². The van der Waals surface area contributed by atoms with Crippen LogP contribution >= 0.6 is 37.0 Å². The normalized spacial score (nSPS) is 8.44. The second-order valence-electron chi connectivity index (χ2n) is 1.62. The van der Waals surface area contributed by atoms with Gasteiger partial charge in [-0.25, -0.2) is 0 Å². The molecule has 0 heterocycles. The molecule has 0 bridgehead atoms. The predicted octanol–water partition coefficient (Wildman–Crippen LogP) is 1.92. The van der Waals surface area contributed by atoms with Gasteiger partial charge in [0, 0.05) is 5.25 Å². The van der Waals surface area contributed by atoms with E-state index in [1.54, 1.807) is 0 Å². The van der Waals surface area contributed by atoms with Gasteiger partial charge in [0.15, 0.2) is 5.17 Å². The number of amidine groups is 1. The number of hydrogen-bond donors (Lipinski definition) is 3. The second-order valence-corrected chi connectivity index (χ2v) is 3.45. The van der Waals surface area contributed by atoms with Crippen LogP contribution in [0.15, 0.2) is 0 Å². The van der Waals surface area contributed by atoms with Gasteiger partial charge < -0.3 is 4.72 Å². The maximum Gasteiger partial charge on any atom is 0.160 e. The predicted molar refractivity (Wildman–Crippen MR) is 49.8 cm³/mol. The van der Waals surface area contributed by atoms with Crippen molar-refractivity contribution in [3.05, 3.63) is 0 Å². The van der Waals surface area contributed by atoms with Crippen molar-refractivity contribution in [2.24, 2.45) is 0 Å². The Morgan fingerprint density at radius 3 is 2.22 bits per heavy atom. The molecule has 0 aliphatic carbocycles. The molecule has 0 unspecified atom stereocenters. The molecule has 56 valence electrons. The average molecular weight is 187 g/mol. The van der Waals surface area contributed by atoms with Crippen LogP contribution in [0, 0.1) is 5.41 Å². The maximum absolute atomic E-state index is 6.82. The quantitative estimate of drug-likeness (QED) is 0.267. The molecule has 0 saturated carbocycles. The molecular formula is C4H11ClN2S2. The summed E-state index contributed by atoms with van der Waals surface area (Å²) in [5, 5.41) is 7.53. The molecule has 0 aliphatic rings. The van der Waals surface area contributed by atoms with Crippen molar-refractivity contribution >= 4 is 42.2 Å². The molecule has 0 fully saturated rings.